The van der Waals surface area contributed by atoms with Crippen LogP contribution in [0.3, 0.4) is 0 Å². The maximum atomic E-state index is 6.00. The van der Waals surface area contributed by atoms with Crippen molar-refractivity contribution in [3.8, 4) is 17.2 Å². The van der Waals surface area contributed by atoms with Crippen LogP contribution in [0.4, 0.5) is 0 Å². The van der Waals surface area contributed by atoms with Crippen LogP contribution >= 0.6 is 11.6 Å². The topological polar surface area (TPSA) is 60.2 Å². The summed E-state index contributed by atoms with van der Waals surface area (Å²) in [6, 6.07) is 5.50. The molecule has 0 bridgehead atoms. The normalized spacial score (nSPS) is 18.7. The number of aromatic nitrogens is 2. The van der Waals surface area contributed by atoms with Crippen molar-refractivity contribution < 1.29 is 9.26 Å². The summed E-state index contributed by atoms with van der Waals surface area (Å²) in [5.74, 6) is 1.79. The summed E-state index contributed by atoms with van der Waals surface area (Å²) in [5, 5.41) is 7.97. The first kappa shape index (κ1) is 12.4. The van der Waals surface area contributed by atoms with Crippen LogP contribution in [-0.4, -0.2) is 23.8 Å². The SMILES string of the molecule is COc1ccc(Cl)cc1-c1nc(C2CCCN2)no1. The van der Waals surface area contributed by atoms with E-state index in [1.165, 1.54) is 0 Å². The fraction of sp³-hybridized carbons (Fsp3) is 0.385. The van der Waals surface area contributed by atoms with Gasteiger partial charge in [0.1, 0.15) is 5.75 Å². The number of benzene rings is 1. The van der Waals surface area contributed by atoms with Crippen LogP contribution in [0.2, 0.25) is 5.02 Å². The molecule has 0 radical (unpaired) electrons. The van der Waals surface area contributed by atoms with Gasteiger partial charge in [-0.1, -0.05) is 16.8 Å². The highest BCUT2D eigenvalue weighted by Gasteiger charge is 2.23. The van der Waals surface area contributed by atoms with E-state index in [0.717, 1.165) is 19.4 Å². The van der Waals surface area contributed by atoms with Crippen molar-refractivity contribution in [3.05, 3.63) is 29.0 Å². The summed E-state index contributed by atoms with van der Waals surface area (Å²) in [4.78, 5) is 4.43. The second kappa shape index (κ2) is 5.19. The summed E-state index contributed by atoms with van der Waals surface area (Å²) >= 11 is 6.00. The molecule has 0 amide bonds. The van der Waals surface area contributed by atoms with Crippen molar-refractivity contribution in [2.45, 2.75) is 18.9 Å². The van der Waals surface area contributed by atoms with Gasteiger partial charge in [-0.25, -0.2) is 0 Å². The molecule has 6 heteroatoms. The lowest BCUT2D eigenvalue weighted by molar-refractivity contribution is 0.399. The predicted octanol–water partition coefficient (Wildman–Crippen LogP) is 2.82. The first-order valence-corrected chi connectivity index (χ1v) is 6.56. The molecule has 100 valence electrons. The van der Waals surface area contributed by atoms with E-state index >= 15 is 0 Å². The molecule has 0 aliphatic carbocycles. The number of ether oxygens (including phenoxy) is 1. The monoisotopic (exact) mass is 279 g/mol. The molecule has 1 aliphatic heterocycles. The standard InChI is InChI=1S/C13H14ClN3O2/c1-18-11-5-4-8(14)7-9(11)13-16-12(17-19-13)10-3-2-6-15-10/h4-5,7,10,15H,2-3,6H2,1H3. The van der Waals surface area contributed by atoms with Gasteiger partial charge >= 0.3 is 0 Å². The van der Waals surface area contributed by atoms with Crippen molar-refractivity contribution in [1.82, 2.24) is 15.5 Å². The Labute approximate surface area is 115 Å². The Bertz CT molecular complexity index is 579. The van der Waals surface area contributed by atoms with Crippen LogP contribution < -0.4 is 10.1 Å². The fourth-order valence-electron chi connectivity index (χ4n) is 2.24. The minimum absolute atomic E-state index is 0.183. The summed E-state index contributed by atoms with van der Waals surface area (Å²) in [6.07, 6.45) is 2.17. The molecule has 0 spiro atoms. The van der Waals surface area contributed by atoms with Gasteiger partial charge in [0.05, 0.1) is 18.7 Å². The van der Waals surface area contributed by atoms with Crippen LogP contribution in [0.15, 0.2) is 22.7 Å². The summed E-state index contributed by atoms with van der Waals surface area (Å²) in [5.41, 5.74) is 0.715. The maximum Gasteiger partial charge on any atom is 0.261 e. The summed E-state index contributed by atoms with van der Waals surface area (Å²) in [7, 11) is 1.60. The summed E-state index contributed by atoms with van der Waals surface area (Å²) in [6.45, 7) is 0.995. The number of nitrogens with one attached hydrogen (secondary N) is 1. The van der Waals surface area contributed by atoms with Gasteiger partial charge in [-0.15, -0.1) is 0 Å². The van der Waals surface area contributed by atoms with E-state index in [-0.39, 0.29) is 6.04 Å². The van der Waals surface area contributed by atoms with Crippen molar-refractivity contribution in [2.75, 3.05) is 13.7 Å². The van der Waals surface area contributed by atoms with E-state index in [1.54, 1.807) is 25.3 Å². The highest BCUT2D eigenvalue weighted by atomic mass is 35.5. The van der Waals surface area contributed by atoms with Gasteiger partial charge in [-0.2, -0.15) is 4.98 Å². The van der Waals surface area contributed by atoms with E-state index in [4.69, 9.17) is 20.9 Å². The maximum absolute atomic E-state index is 6.00. The van der Waals surface area contributed by atoms with Gasteiger partial charge in [0.15, 0.2) is 5.82 Å². The largest absolute Gasteiger partial charge is 0.496 e. The van der Waals surface area contributed by atoms with Crippen molar-refractivity contribution in [1.29, 1.82) is 0 Å². The van der Waals surface area contributed by atoms with Crippen molar-refractivity contribution >= 4 is 11.6 Å². The molecule has 3 rings (SSSR count). The number of hydrogen-bond donors (Lipinski definition) is 1. The zero-order valence-electron chi connectivity index (χ0n) is 10.5. The van der Waals surface area contributed by atoms with Crippen LogP contribution in [0, 0.1) is 0 Å². The Morgan fingerprint density at radius 2 is 2.37 bits per heavy atom. The minimum atomic E-state index is 0.183. The van der Waals surface area contributed by atoms with Gasteiger partial charge in [-0.3, -0.25) is 0 Å². The number of methoxy groups -OCH3 is 1. The lowest BCUT2D eigenvalue weighted by atomic mass is 10.2. The van der Waals surface area contributed by atoms with Gasteiger partial charge in [0.25, 0.3) is 5.89 Å². The lowest BCUT2D eigenvalue weighted by Crippen LogP contribution is -2.14. The molecule has 1 fully saturated rings. The van der Waals surface area contributed by atoms with E-state index in [1.807, 2.05) is 0 Å². The molecule has 1 aromatic heterocycles. The van der Waals surface area contributed by atoms with Gasteiger partial charge in [-0.05, 0) is 37.6 Å². The Morgan fingerprint density at radius 3 is 3.11 bits per heavy atom. The number of rotatable bonds is 3. The number of halogens is 1. The highest BCUT2D eigenvalue weighted by Crippen LogP contribution is 2.32. The van der Waals surface area contributed by atoms with Crippen LogP contribution in [0.25, 0.3) is 11.5 Å². The third kappa shape index (κ3) is 2.43. The average Bonchev–Trinajstić information content (AvgIpc) is 3.09. The summed E-state index contributed by atoms with van der Waals surface area (Å²) < 4.78 is 10.6. The molecule has 1 aliphatic rings. The quantitative estimate of drug-likeness (QED) is 0.936. The number of hydrogen-bond acceptors (Lipinski definition) is 5. The van der Waals surface area contributed by atoms with Crippen LogP contribution in [0.1, 0.15) is 24.7 Å². The molecule has 1 N–H and O–H groups in total. The Balaban J connectivity index is 1.95. The second-order valence-corrected chi connectivity index (χ2v) is 4.89. The molecule has 0 saturated carbocycles. The first-order chi connectivity index (χ1) is 9.28. The molecule has 5 nitrogen and oxygen atoms in total. The fourth-order valence-corrected chi connectivity index (χ4v) is 2.41. The highest BCUT2D eigenvalue weighted by molar-refractivity contribution is 6.30. The molecule has 1 atom stereocenters. The van der Waals surface area contributed by atoms with E-state index in [9.17, 15) is 0 Å². The van der Waals surface area contributed by atoms with Crippen LogP contribution in [0.5, 0.6) is 5.75 Å². The van der Waals surface area contributed by atoms with E-state index in [2.05, 4.69) is 15.5 Å². The number of nitrogens with zero attached hydrogens (tertiary/aromatic N) is 2. The lowest BCUT2D eigenvalue weighted by Gasteiger charge is -2.05. The van der Waals surface area contributed by atoms with Gasteiger partial charge in [0, 0.05) is 5.02 Å². The molecule has 2 aromatic rings. The molecule has 19 heavy (non-hydrogen) atoms. The first-order valence-electron chi connectivity index (χ1n) is 6.19. The molecule has 2 heterocycles. The van der Waals surface area contributed by atoms with E-state index in [0.29, 0.717) is 28.1 Å². The molecule has 1 unspecified atom stereocenters. The minimum Gasteiger partial charge on any atom is -0.496 e. The second-order valence-electron chi connectivity index (χ2n) is 4.45. The Kier molecular flexibility index (Phi) is 3.40. The van der Waals surface area contributed by atoms with E-state index < -0.39 is 0 Å². The predicted molar refractivity (Wildman–Crippen MR) is 71.3 cm³/mol. The third-order valence-electron chi connectivity index (χ3n) is 3.21. The molecular formula is C13H14ClN3O2. The van der Waals surface area contributed by atoms with Crippen molar-refractivity contribution in [3.63, 3.8) is 0 Å². The van der Waals surface area contributed by atoms with Gasteiger partial charge < -0.3 is 14.6 Å². The third-order valence-corrected chi connectivity index (χ3v) is 3.44. The molecule has 1 saturated heterocycles. The zero-order chi connectivity index (χ0) is 13.2. The Morgan fingerprint density at radius 1 is 1.47 bits per heavy atom. The average molecular weight is 280 g/mol. The van der Waals surface area contributed by atoms with Crippen molar-refractivity contribution in [2.24, 2.45) is 0 Å². The van der Waals surface area contributed by atoms with Gasteiger partial charge in [0.2, 0.25) is 0 Å². The smallest absolute Gasteiger partial charge is 0.261 e. The zero-order valence-corrected chi connectivity index (χ0v) is 11.3. The van der Waals surface area contributed by atoms with Crippen LogP contribution in [-0.2, 0) is 0 Å². The Hall–Kier alpha value is -1.59. The molecule has 1 aromatic carbocycles. The molecular weight excluding hydrogens is 266 g/mol.